The topological polar surface area (TPSA) is 13.1 Å². The lowest BCUT2D eigenvalue weighted by Gasteiger charge is -2.18. The van der Waals surface area contributed by atoms with Crippen LogP contribution in [-0.4, -0.2) is 0 Å². The van der Waals surface area contributed by atoms with Gasteiger partial charge in [-0.2, -0.15) is 0 Å². The molecule has 9 rings (SSSR count). The van der Waals surface area contributed by atoms with Gasteiger partial charge in [0.1, 0.15) is 11.2 Å². The Morgan fingerprint density at radius 2 is 0.927 bits per heavy atom. The number of benzene rings is 8. The second-order valence-corrected chi connectivity index (χ2v) is 10.5. The summed E-state index contributed by atoms with van der Waals surface area (Å²) >= 11 is 0. The van der Waals surface area contributed by atoms with E-state index in [1.807, 2.05) is 18.2 Å². The Bertz CT molecular complexity index is 2640. The molecular formula is C40H24O. The Labute approximate surface area is 242 Å². The molecule has 8 aromatic carbocycles. The molecule has 0 saturated heterocycles. The molecule has 0 radical (unpaired) electrons. The number of fused-ring (bicyclic) bond motifs is 7. The first-order valence-electron chi connectivity index (χ1n) is 15.8. The second-order valence-electron chi connectivity index (χ2n) is 10.5. The molecule has 0 spiro atoms. The van der Waals surface area contributed by atoms with Crippen molar-refractivity contribution < 1.29 is 9.90 Å². The number of hydrogen-bond acceptors (Lipinski definition) is 1. The van der Waals surface area contributed by atoms with Crippen molar-refractivity contribution in [2.24, 2.45) is 0 Å². The summed E-state index contributed by atoms with van der Waals surface area (Å²) < 4.78 is 40.1. The number of rotatable bonds is 2. The summed E-state index contributed by atoms with van der Waals surface area (Å²) in [7, 11) is 0. The molecule has 41 heavy (non-hydrogen) atoms. The summed E-state index contributed by atoms with van der Waals surface area (Å²) in [4.78, 5) is 0. The zero-order chi connectivity index (χ0) is 30.4. The van der Waals surface area contributed by atoms with Crippen molar-refractivity contribution in [3.8, 4) is 22.3 Å². The highest BCUT2D eigenvalue weighted by molar-refractivity contribution is 6.26. The molecule has 0 unspecified atom stereocenters. The van der Waals surface area contributed by atoms with Crippen molar-refractivity contribution in [1.82, 2.24) is 0 Å². The van der Waals surface area contributed by atoms with Crippen LogP contribution in [0.4, 0.5) is 0 Å². The Morgan fingerprint density at radius 3 is 1.63 bits per heavy atom. The van der Waals surface area contributed by atoms with Crippen LogP contribution in [0.5, 0.6) is 0 Å². The van der Waals surface area contributed by atoms with Gasteiger partial charge in [0, 0.05) is 21.9 Å². The van der Waals surface area contributed by atoms with E-state index < -0.39 is 0 Å². The van der Waals surface area contributed by atoms with E-state index in [2.05, 4.69) is 97.1 Å². The first-order valence-corrected chi connectivity index (χ1v) is 13.8. The molecule has 0 saturated carbocycles. The lowest BCUT2D eigenvalue weighted by Crippen LogP contribution is -1.91. The number of furan rings is 1. The summed E-state index contributed by atoms with van der Waals surface area (Å²) in [5.74, 6) is 0. The summed E-state index contributed by atoms with van der Waals surface area (Å²) in [6, 6.07) is 41.4. The van der Waals surface area contributed by atoms with E-state index in [9.17, 15) is 0 Å². The number of hydrogen-bond donors (Lipinski definition) is 0. The average Bonchev–Trinajstić information content (AvgIpc) is 3.46. The molecule has 9 aromatic rings. The van der Waals surface area contributed by atoms with Crippen LogP contribution in [-0.2, 0) is 0 Å². The minimum absolute atomic E-state index is 0.0422. The molecule has 0 aliphatic heterocycles. The van der Waals surface area contributed by atoms with Crippen LogP contribution in [0.1, 0.15) is 5.48 Å². The fourth-order valence-corrected chi connectivity index (χ4v) is 6.60. The van der Waals surface area contributed by atoms with Crippen LogP contribution < -0.4 is 0 Å². The van der Waals surface area contributed by atoms with Crippen molar-refractivity contribution in [2.75, 3.05) is 0 Å². The maximum atomic E-state index is 8.54. The standard InChI is InChI=1S/C40H24O/c1-2-13-27-24-37-36(23-26(27)12-1)34-21-10-22-35(40(34)41-37)39-32-18-7-5-16-30(32)38(31-17-6-8-19-33(31)39)29-20-9-14-25-11-3-4-15-28(25)29/h1-24H/i1D,2D,12D,13D. The molecule has 0 amide bonds. The van der Waals surface area contributed by atoms with Crippen molar-refractivity contribution >= 4 is 65.0 Å². The Kier molecular flexibility index (Phi) is 3.92. The first-order chi connectivity index (χ1) is 22.0. The van der Waals surface area contributed by atoms with Gasteiger partial charge in [0.05, 0.1) is 5.48 Å². The van der Waals surface area contributed by atoms with Crippen LogP contribution >= 0.6 is 0 Å². The third kappa shape index (κ3) is 3.24. The van der Waals surface area contributed by atoms with Crippen molar-refractivity contribution in [3.63, 3.8) is 0 Å². The van der Waals surface area contributed by atoms with Crippen molar-refractivity contribution in [3.05, 3.63) is 145 Å². The van der Waals surface area contributed by atoms with Crippen LogP contribution in [0.3, 0.4) is 0 Å². The molecule has 190 valence electrons. The summed E-state index contributed by atoms with van der Waals surface area (Å²) in [5, 5.41) is 9.63. The second kappa shape index (κ2) is 8.55. The highest BCUT2D eigenvalue weighted by atomic mass is 16.3. The lowest BCUT2D eigenvalue weighted by atomic mass is 9.84. The zero-order valence-electron chi connectivity index (χ0n) is 26.0. The highest BCUT2D eigenvalue weighted by Gasteiger charge is 2.21. The van der Waals surface area contributed by atoms with E-state index in [4.69, 9.17) is 9.90 Å². The molecule has 0 N–H and O–H groups in total. The third-order valence-corrected chi connectivity index (χ3v) is 8.35. The van der Waals surface area contributed by atoms with E-state index in [0.717, 1.165) is 49.0 Å². The van der Waals surface area contributed by atoms with E-state index in [0.29, 0.717) is 16.4 Å². The van der Waals surface area contributed by atoms with E-state index in [-0.39, 0.29) is 24.2 Å². The predicted octanol–water partition coefficient (Wildman–Crippen LogP) is 11.5. The van der Waals surface area contributed by atoms with Gasteiger partial charge in [0.2, 0.25) is 0 Å². The van der Waals surface area contributed by atoms with Crippen LogP contribution in [0.25, 0.3) is 87.3 Å². The van der Waals surface area contributed by atoms with Gasteiger partial charge in [-0.1, -0.05) is 133 Å². The van der Waals surface area contributed by atoms with Gasteiger partial charge in [0.25, 0.3) is 0 Å². The Hall–Kier alpha value is -5.40. The minimum atomic E-state index is -0.243. The average molecular weight is 525 g/mol. The normalized spacial score (nSPS) is 13.3. The molecule has 0 aliphatic rings. The Balaban J connectivity index is 1.41. The SMILES string of the molecule is [2H]c1c([2H])c([2H])c2cc3c(cc2c1[2H])oc1c(-c2c4ccccc4c(-c4cccc5ccccc45)c4ccccc24)cccc13. The summed E-state index contributed by atoms with van der Waals surface area (Å²) in [5.41, 5.74) is 5.77. The lowest BCUT2D eigenvalue weighted by molar-refractivity contribution is 0.670. The largest absolute Gasteiger partial charge is 0.455 e. The molecule has 0 fully saturated rings. The van der Waals surface area contributed by atoms with Gasteiger partial charge in [0.15, 0.2) is 0 Å². The highest BCUT2D eigenvalue weighted by Crippen LogP contribution is 2.47. The smallest absolute Gasteiger partial charge is 0.143 e. The van der Waals surface area contributed by atoms with Gasteiger partial charge >= 0.3 is 0 Å². The maximum absolute atomic E-state index is 8.54. The molecule has 1 nitrogen and oxygen atoms in total. The van der Waals surface area contributed by atoms with Crippen molar-refractivity contribution in [1.29, 1.82) is 0 Å². The van der Waals surface area contributed by atoms with E-state index in [1.165, 1.54) is 21.9 Å². The Morgan fingerprint density at radius 1 is 0.415 bits per heavy atom. The zero-order valence-corrected chi connectivity index (χ0v) is 22.0. The van der Waals surface area contributed by atoms with Crippen LogP contribution in [0, 0.1) is 0 Å². The molecule has 1 heterocycles. The van der Waals surface area contributed by atoms with Crippen LogP contribution in [0.2, 0.25) is 0 Å². The van der Waals surface area contributed by atoms with Gasteiger partial charge in [-0.25, -0.2) is 0 Å². The first kappa shape index (κ1) is 18.8. The molecule has 1 heteroatoms. The maximum Gasteiger partial charge on any atom is 0.143 e. The van der Waals surface area contributed by atoms with Crippen molar-refractivity contribution in [2.45, 2.75) is 0 Å². The van der Waals surface area contributed by atoms with Crippen LogP contribution in [0.15, 0.2) is 150 Å². The molecule has 0 bridgehead atoms. The quantitative estimate of drug-likeness (QED) is 0.205. The fourth-order valence-electron chi connectivity index (χ4n) is 6.60. The fraction of sp³-hybridized carbons (Fsp3) is 0. The van der Waals surface area contributed by atoms with Gasteiger partial charge < -0.3 is 4.42 Å². The molecular weight excluding hydrogens is 496 g/mol. The minimum Gasteiger partial charge on any atom is -0.455 e. The van der Waals surface area contributed by atoms with E-state index in [1.54, 1.807) is 6.07 Å². The number of para-hydroxylation sites is 1. The monoisotopic (exact) mass is 524 g/mol. The van der Waals surface area contributed by atoms with E-state index >= 15 is 0 Å². The van der Waals surface area contributed by atoms with Gasteiger partial charge in [-0.3, -0.25) is 0 Å². The van der Waals surface area contributed by atoms with Gasteiger partial charge in [-0.05, 0) is 66.3 Å². The molecule has 0 atom stereocenters. The van der Waals surface area contributed by atoms with Gasteiger partial charge in [-0.15, -0.1) is 0 Å². The summed E-state index contributed by atoms with van der Waals surface area (Å²) in [6.07, 6.45) is 0. The molecule has 0 aliphatic carbocycles. The third-order valence-electron chi connectivity index (χ3n) is 8.35. The predicted molar refractivity (Wildman–Crippen MR) is 175 cm³/mol. The summed E-state index contributed by atoms with van der Waals surface area (Å²) in [6.45, 7) is 0. The molecule has 1 aromatic heterocycles.